The summed E-state index contributed by atoms with van der Waals surface area (Å²) in [4.78, 5) is 12.2. The lowest BCUT2D eigenvalue weighted by Gasteiger charge is -2.04. The molecule has 3 aromatic rings. The highest BCUT2D eigenvalue weighted by Gasteiger charge is 2.13. The molecule has 2 aromatic carbocycles. The van der Waals surface area contributed by atoms with Gasteiger partial charge in [0.05, 0.1) is 10.6 Å². The van der Waals surface area contributed by atoms with Gasteiger partial charge in [0, 0.05) is 10.2 Å². The Kier molecular flexibility index (Phi) is 4.71. The molecule has 0 saturated carbocycles. The van der Waals surface area contributed by atoms with Crippen molar-refractivity contribution in [2.24, 2.45) is 5.14 Å². The van der Waals surface area contributed by atoms with Crippen molar-refractivity contribution < 1.29 is 13.2 Å². The van der Waals surface area contributed by atoms with Gasteiger partial charge >= 0.3 is 0 Å². The summed E-state index contributed by atoms with van der Waals surface area (Å²) in [6, 6.07) is 14.8. The van der Waals surface area contributed by atoms with Crippen LogP contribution in [0, 0.1) is 0 Å². The van der Waals surface area contributed by atoms with Gasteiger partial charge in [-0.2, -0.15) is 5.10 Å². The van der Waals surface area contributed by atoms with Crippen LogP contribution in [0.1, 0.15) is 10.5 Å². The van der Waals surface area contributed by atoms with Gasteiger partial charge in [0.2, 0.25) is 10.0 Å². The number of carbonyl (C=O) groups excluding carboxylic acids is 1. The Morgan fingerprint density at radius 3 is 2.32 bits per heavy atom. The highest BCUT2D eigenvalue weighted by Crippen LogP contribution is 2.21. The summed E-state index contributed by atoms with van der Waals surface area (Å²) in [6.45, 7) is 0. The van der Waals surface area contributed by atoms with Crippen LogP contribution < -0.4 is 10.5 Å². The van der Waals surface area contributed by atoms with Crippen LogP contribution in [-0.2, 0) is 10.0 Å². The zero-order valence-corrected chi connectivity index (χ0v) is 15.1. The average molecular weight is 421 g/mol. The Labute approximate surface area is 152 Å². The number of hydrogen-bond donors (Lipinski definition) is 3. The van der Waals surface area contributed by atoms with Crippen molar-refractivity contribution in [1.82, 2.24) is 10.2 Å². The zero-order valence-electron chi connectivity index (χ0n) is 12.7. The Balaban J connectivity index is 1.75. The van der Waals surface area contributed by atoms with Gasteiger partial charge in [0.1, 0.15) is 0 Å². The van der Waals surface area contributed by atoms with E-state index in [1.54, 1.807) is 6.07 Å². The lowest BCUT2D eigenvalue weighted by molar-refractivity contribution is 0.102. The van der Waals surface area contributed by atoms with E-state index >= 15 is 0 Å². The van der Waals surface area contributed by atoms with Crippen molar-refractivity contribution in [3.63, 3.8) is 0 Å². The van der Waals surface area contributed by atoms with Crippen LogP contribution in [0.2, 0.25) is 0 Å². The summed E-state index contributed by atoms with van der Waals surface area (Å²) >= 11 is 3.37. The van der Waals surface area contributed by atoms with Crippen LogP contribution in [0.3, 0.4) is 0 Å². The monoisotopic (exact) mass is 420 g/mol. The number of nitrogens with one attached hydrogen (secondary N) is 2. The van der Waals surface area contributed by atoms with Crippen molar-refractivity contribution in [2.45, 2.75) is 4.90 Å². The van der Waals surface area contributed by atoms with E-state index in [9.17, 15) is 13.2 Å². The van der Waals surface area contributed by atoms with Crippen LogP contribution in [0.4, 0.5) is 5.69 Å². The van der Waals surface area contributed by atoms with Crippen LogP contribution >= 0.6 is 15.9 Å². The summed E-state index contributed by atoms with van der Waals surface area (Å²) in [5.74, 6) is -0.414. The molecule has 3 rings (SSSR count). The molecule has 0 unspecified atom stereocenters. The fourth-order valence-corrected chi connectivity index (χ4v) is 2.92. The molecule has 0 fully saturated rings. The maximum Gasteiger partial charge on any atom is 0.276 e. The third-order valence-corrected chi connectivity index (χ3v) is 4.86. The van der Waals surface area contributed by atoms with Crippen LogP contribution in [0.5, 0.6) is 0 Å². The number of aromatic nitrogens is 2. The smallest absolute Gasteiger partial charge is 0.276 e. The van der Waals surface area contributed by atoms with E-state index in [1.807, 2.05) is 24.3 Å². The number of nitrogens with zero attached hydrogens (tertiary/aromatic N) is 1. The summed E-state index contributed by atoms with van der Waals surface area (Å²) in [5, 5.41) is 14.5. The van der Waals surface area contributed by atoms with Crippen molar-refractivity contribution in [2.75, 3.05) is 5.32 Å². The molecule has 0 aliphatic carbocycles. The second-order valence-electron chi connectivity index (χ2n) is 5.20. The molecular formula is C16H13BrN4O3S. The van der Waals surface area contributed by atoms with Gasteiger partial charge in [-0.1, -0.05) is 28.1 Å². The number of amides is 1. The minimum Gasteiger partial charge on any atom is -0.321 e. The molecule has 0 aliphatic heterocycles. The van der Waals surface area contributed by atoms with Gasteiger partial charge in [-0.3, -0.25) is 9.89 Å². The van der Waals surface area contributed by atoms with Crippen LogP contribution in [-0.4, -0.2) is 24.5 Å². The van der Waals surface area contributed by atoms with E-state index in [2.05, 4.69) is 31.4 Å². The summed E-state index contributed by atoms with van der Waals surface area (Å²) in [5.41, 5.74) is 2.26. The SMILES string of the molecule is NS(=O)(=O)c1ccc(NC(=O)c2cc(-c3ccc(Br)cc3)[nH]n2)cc1. The van der Waals surface area contributed by atoms with Crippen molar-refractivity contribution in [3.8, 4) is 11.3 Å². The number of carbonyl (C=O) groups is 1. The maximum atomic E-state index is 12.3. The molecule has 25 heavy (non-hydrogen) atoms. The topological polar surface area (TPSA) is 118 Å². The number of rotatable bonds is 4. The van der Waals surface area contributed by atoms with Gasteiger partial charge < -0.3 is 5.32 Å². The number of nitrogens with two attached hydrogens (primary N) is 1. The molecule has 0 radical (unpaired) electrons. The number of aromatic amines is 1. The third-order valence-electron chi connectivity index (χ3n) is 3.41. The average Bonchev–Trinajstić information content (AvgIpc) is 3.05. The van der Waals surface area contributed by atoms with Crippen molar-refractivity contribution in [1.29, 1.82) is 0 Å². The first kappa shape index (κ1) is 17.3. The molecule has 128 valence electrons. The van der Waals surface area contributed by atoms with Gasteiger partial charge in [-0.25, -0.2) is 13.6 Å². The largest absolute Gasteiger partial charge is 0.321 e. The minimum atomic E-state index is -3.76. The minimum absolute atomic E-state index is 0.0252. The number of anilines is 1. The van der Waals surface area contributed by atoms with E-state index in [0.29, 0.717) is 11.4 Å². The Bertz CT molecular complexity index is 1010. The van der Waals surface area contributed by atoms with Gasteiger partial charge in [-0.05, 0) is 48.0 Å². The number of benzene rings is 2. The second kappa shape index (κ2) is 6.79. The Hall–Kier alpha value is -2.49. The zero-order chi connectivity index (χ0) is 18.0. The first-order chi connectivity index (χ1) is 11.8. The lowest BCUT2D eigenvalue weighted by atomic mass is 10.1. The molecular weight excluding hydrogens is 408 g/mol. The predicted octanol–water partition coefficient (Wildman–Crippen LogP) is 2.74. The van der Waals surface area contributed by atoms with Gasteiger partial charge in [0.25, 0.3) is 5.91 Å². The molecule has 0 saturated heterocycles. The van der Waals surface area contributed by atoms with Crippen LogP contribution in [0.25, 0.3) is 11.3 Å². The van der Waals surface area contributed by atoms with E-state index in [0.717, 1.165) is 10.0 Å². The molecule has 0 spiro atoms. The highest BCUT2D eigenvalue weighted by molar-refractivity contribution is 9.10. The fourth-order valence-electron chi connectivity index (χ4n) is 2.14. The van der Waals surface area contributed by atoms with E-state index in [1.165, 1.54) is 24.3 Å². The molecule has 1 heterocycles. The quantitative estimate of drug-likeness (QED) is 0.600. The predicted molar refractivity (Wildman–Crippen MR) is 97.5 cm³/mol. The van der Waals surface area contributed by atoms with Crippen molar-refractivity contribution in [3.05, 3.63) is 64.8 Å². The van der Waals surface area contributed by atoms with Gasteiger partial charge in [-0.15, -0.1) is 0 Å². The normalized spacial score (nSPS) is 11.3. The fraction of sp³-hybridized carbons (Fsp3) is 0. The van der Waals surface area contributed by atoms with Gasteiger partial charge in [0.15, 0.2) is 5.69 Å². The number of H-pyrrole nitrogens is 1. The van der Waals surface area contributed by atoms with E-state index in [-0.39, 0.29) is 10.6 Å². The summed E-state index contributed by atoms with van der Waals surface area (Å²) < 4.78 is 23.4. The maximum absolute atomic E-state index is 12.3. The third kappa shape index (κ3) is 4.13. The van der Waals surface area contributed by atoms with Crippen molar-refractivity contribution >= 4 is 37.5 Å². The van der Waals surface area contributed by atoms with E-state index < -0.39 is 15.9 Å². The molecule has 0 bridgehead atoms. The molecule has 4 N–H and O–H groups in total. The van der Waals surface area contributed by atoms with Crippen LogP contribution in [0.15, 0.2) is 64.0 Å². The number of halogens is 1. The lowest BCUT2D eigenvalue weighted by Crippen LogP contribution is -2.14. The summed E-state index contributed by atoms with van der Waals surface area (Å²) in [7, 11) is -3.76. The number of primary sulfonamides is 1. The number of hydrogen-bond acceptors (Lipinski definition) is 4. The first-order valence-corrected chi connectivity index (χ1v) is 9.42. The first-order valence-electron chi connectivity index (χ1n) is 7.08. The second-order valence-corrected chi connectivity index (χ2v) is 7.67. The molecule has 0 atom stereocenters. The molecule has 1 amide bonds. The highest BCUT2D eigenvalue weighted by atomic mass is 79.9. The Morgan fingerprint density at radius 2 is 1.72 bits per heavy atom. The summed E-state index contributed by atoms with van der Waals surface area (Å²) in [6.07, 6.45) is 0. The molecule has 7 nitrogen and oxygen atoms in total. The number of sulfonamides is 1. The molecule has 1 aromatic heterocycles. The molecule has 9 heteroatoms. The standard InChI is InChI=1S/C16H13BrN4O3S/c17-11-3-1-10(2-4-11)14-9-15(21-20-14)16(22)19-12-5-7-13(8-6-12)25(18,23)24/h1-9H,(H,19,22)(H,20,21)(H2,18,23,24). The van der Waals surface area contributed by atoms with E-state index in [4.69, 9.17) is 5.14 Å². The molecule has 0 aliphatic rings. The Morgan fingerprint density at radius 1 is 1.08 bits per heavy atom.